The van der Waals surface area contributed by atoms with Crippen LogP contribution < -0.4 is 5.32 Å². The third-order valence-electron chi connectivity index (χ3n) is 3.30. The lowest BCUT2D eigenvalue weighted by atomic mass is 10.2. The monoisotopic (exact) mass is 285 g/mol. The van der Waals surface area contributed by atoms with Crippen molar-refractivity contribution in [2.75, 3.05) is 11.6 Å². The Bertz CT molecular complexity index is 411. The van der Waals surface area contributed by atoms with Crippen LogP contribution in [0.25, 0.3) is 0 Å². The molecule has 0 radical (unpaired) electrons. The molecule has 0 amide bonds. The van der Waals surface area contributed by atoms with Gasteiger partial charge in [0.1, 0.15) is 16.8 Å². The van der Waals surface area contributed by atoms with Crippen LogP contribution in [0.2, 0.25) is 5.15 Å². The van der Waals surface area contributed by atoms with Crippen LogP contribution in [-0.2, 0) is 0 Å². The van der Waals surface area contributed by atoms with Gasteiger partial charge in [-0.2, -0.15) is 11.8 Å². The van der Waals surface area contributed by atoms with E-state index in [0.29, 0.717) is 17.1 Å². The molecule has 3 nitrogen and oxygen atoms in total. The number of nitrogens with one attached hydrogen (secondary N) is 1. The second kappa shape index (κ2) is 6.11. The molecule has 1 saturated carbocycles. The summed E-state index contributed by atoms with van der Waals surface area (Å²) in [6, 6.07) is 2.34. The second-order valence-electron chi connectivity index (χ2n) is 5.10. The van der Waals surface area contributed by atoms with E-state index < -0.39 is 0 Å². The molecule has 0 bridgehead atoms. The Morgan fingerprint density at radius 1 is 1.39 bits per heavy atom. The number of rotatable bonds is 4. The molecule has 0 spiro atoms. The average molecular weight is 286 g/mol. The van der Waals surface area contributed by atoms with Crippen molar-refractivity contribution in [3.05, 3.63) is 17.0 Å². The van der Waals surface area contributed by atoms with Crippen molar-refractivity contribution < 1.29 is 0 Å². The Hall–Kier alpha value is -0.480. The minimum Gasteiger partial charge on any atom is -0.367 e. The van der Waals surface area contributed by atoms with Gasteiger partial charge in [-0.25, -0.2) is 9.97 Å². The first-order valence-corrected chi connectivity index (χ1v) is 8.09. The number of hydrogen-bond acceptors (Lipinski definition) is 4. The molecule has 1 fully saturated rings. The maximum atomic E-state index is 6.04. The normalized spacial score (nSPS) is 23.6. The van der Waals surface area contributed by atoms with E-state index in [0.717, 1.165) is 16.9 Å². The maximum Gasteiger partial charge on any atom is 0.135 e. The molecule has 1 aliphatic rings. The highest BCUT2D eigenvalue weighted by Crippen LogP contribution is 2.30. The number of thioether (sulfide) groups is 1. The number of nitrogens with zero attached hydrogens (tertiary/aromatic N) is 2. The van der Waals surface area contributed by atoms with Gasteiger partial charge >= 0.3 is 0 Å². The van der Waals surface area contributed by atoms with E-state index >= 15 is 0 Å². The highest BCUT2D eigenvalue weighted by Gasteiger charge is 2.24. The van der Waals surface area contributed by atoms with Crippen LogP contribution in [0.1, 0.15) is 44.9 Å². The van der Waals surface area contributed by atoms with Gasteiger partial charge in [-0.15, -0.1) is 0 Å². The summed E-state index contributed by atoms with van der Waals surface area (Å²) in [7, 11) is 0. The van der Waals surface area contributed by atoms with E-state index in [9.17, 15) is 0 Å². The largest absolute Gasteiger partial charge is 0.367 e. The van der Waals surface area contributed by atoms with Crippen LogP contribution in [0.3, 0.4) is 0 Å². The van der Waals surface area contributed by atoms with E-state index in [4.69, 9.17) is 11.6 Å². The molecule has 0 saturated heterocycles. The van der Waals surface area contributed by atoms with Crippen molar-refractivity contribution in [1.82, 2.24) is 9.97 Å². The summed E-state index contributed by atoms with van der Waals surface area (Å²) < 4.78 is 0. The Morgan fingerprint density at radius 2 is 2.17 bits per heavy atom. The summed E-state index contributed by atoms with van der Waals surface area (Å²) in [4.78, 5) is 8.78. The first-order valence-electron chi connectivity index (χ1n) is 6.42. The van der Waals surface area contributed by atoms with Gasteiger partial charge in [0.2, 0.25) is 0 Å². The van der Waals surface area contributed by atoms with Gasteiger partial charge in [0.25, 0.3) is 0 Å². The lowest BCUT2D eigenvalue weighted by Gasteiger charge is -2.15. The predicted octanol–water partition coefficient (Wildman–Crippen LogP) is 3.95. The summed E-state index contributed by atoms with van der Waals surface area (Å²) in [5, 5.41) is 4.80. The van der Waals surface area contributed by atoms with Crippen LogP contribution in [-0.4, -0.2) is 27.5 Å². The molecule has 1 heterocycles. The van der Waals surface area contributed by atoms with Crippen LogP contribution in [0.15, 0.2) is 6.07 Å². The fraction of sp³-hybridized carbons (Fsp3) is 0.692. The Balaban J connectivity index is 2.05. The van der Waals surface area contributed by atoms with E-state index in [-0.39, 0.29) is 0 Å². The second-order valence-corrected chi connectivity index (χ2v) is 6.63. The summed E-state index contributed by atoms with van der Waals surface area (Å²) >= 11 is 8.00. The van der Waals surface area contributed by atoms with Gasteiger partial charge in [-0.3, -0.25) is 0 Å². The Morgan fingerprint density at radius 3 is 2.78 bits per heavy atom. The molecule has 0 aromatic carbocycles. The molecule has 0 aliphatic heterocycles. The van der Waals surface area contributed by atoms with Crippen LogP contribution in [0.4, 0.5) is 5.82 Å². The topological polar surface area (TPSA) is 37.8 Å². The summed E-state index contributed by atoms with van der Waals surface area (Å²) in [6.45, 7) is 4.16. The van der Waals surface area contributed by atoms with Gasteiger partial charge in [0.05, 0.1) is 0 Å². The Kier molecular flexibility index (Phi) is 4.73. The molecule has 18 heavy (non-hydrogen) atoms. The van der Waals surface area contributed by atoms with Crippen molar-refractivity contribution in [2.45, 2.75) is 50.3 Å². The number of aromatic nitrogens is 2. The quantitative estimate of drug-likeness (QED) is 0.850. The maximum absolute atomic E-state index is 6.04. The molecule has 1 aliphatic carbocycles. The van der Waals surface area contributed by atoms with Crippen molar-refractivity contribution in [2.24, 2.45) is 0 Å². The van der Waals surface area contributed by atoms with Gasteiger partial charge < -0.3 is 5.32 Å². The fourth-order valence-electron chi connectivity index (χ4n) is 2.26. The van der Waals surface area contributed by atoms with E-state index in [1.54, 1.807) is 0 Å². The summed E-state index contributed by atoms with van der Waals surface area (Å²) in [5.74, 6) is 1.97. The molecule has 1 N–H and O–H groups in total. The molecular weight excluding hydrogens is 266 g/mol. The van der Waals surface area contributed by atoms with Crippen LogP contribution in [0.5, 0.6) is 0 Å². The molecule has 100 valence electrons. The summed E-state index contributed by atoms with van der Waals surface area (Å²) in [5.41, 5.74) is 0. The SMILES string of the molecule is CSC1CCC(Nc2cc(Cl)nc(C(C)C)n2)C1. The standard InChI is InChI=1S/C13H20ClN3S/c1-8(2)13-16-11(14)7-12(17-13)15-9-4-5-10(6-9)18-3/h7-10H,4-6H2,1-3H3,(H,15,16,17). The van der Waals surface area contributed by atoms with Crippen LogP contribution in [0, 0.1) is 0 Å². The molecule has 1 aromatic rings. The van der Waals surface area contributed by atoms with E-state index in [1.807, 2.05) is 17.8 Å². The molecular formula is C13H20ClN3S. The first-order chi connectivity index (χ1) is 8.58. The molecule has 5 heteroatoms. The van der Waals surface area contributed by atoms with Crippen molar-refractivity contribution in [3.63, 3.8) is 0 Å². The third kappa shape index (κ3) is 3.51. The van der Waals surface area contributed by atoms with E-state index in [2.05, 4.69) is 35.4 Å². The molecule has 2 rings (SSSR count). The summed E-state index contributed by atoms with van der Waals surface area (Å²) in [6.07, 6.45) is 5.89. The third-order valence-corrected chi connectivity index (χ3v) is 4.59. The number of hydrogen-bond donors (Lipinski definition) is 1. The van der Waals surface area contributed by atoms with Gasteiger partial charge in [-0.1, -0.05) is 25.4 Å². The first kappa shape index (κ1) is 13.9. The highest BCUT2D eigenvalue weighted by molar-refractivity contribution is 7.99. The molecule has 1 aromatic heterocycles. The van der Waals surface area contributed by atoms with Crippen molar-refractivity contribution >= 4 is 29.2 Å². The zero-order valence-electron chi connectivity index (χ0n) is 11.1. The van der Waals surface area contributed by atoms with Gasteiger partial charge in [0, 0.05) is 23.3 Å². The number of halogens is 1. The smallest absolute Gasteiger partial charge is 0.135 e. The fourth-order valence-corrected chi connectivity index (χ4v) is 3.25. The van der Waals surface area contributed by atoms with Gasteiger partial charge in [-0.05, 0) is 25.5 Å². The zero-order valence-corrected chi connectivity index (χ0v) is 12.7. The average Bonchev–Trinajstić information content (AvgIpc) is 2.76. The zero-order chi connectivity index (χ0) is 13.1. The van der Waals surface area contributed by atoms with Crippen LogP contribution >= 0.6 is 23.4 Å². The van der Waals surface area contributed by atoms with Gasteiger partial charge in [0.15, 0.2) is 0 Å². The van der Waals surface area contributed by atoms with Crippen molar-refractivity contribution in [3.8, 4) is 0 Å². The Labute approximate surface area is 118 Å². The lowest BCUT2D eigenvalue weighted by molar-refractivity contribution is 0.736. The molecule has 2 atom stereocenters. The molecule has 2 unspecified atom stereocenters. The minimum atomic E-state index is 0.298. The number of anilines is 1. The lowest BCUT2D eigenvalue weighted by Crippen LogP contribution is -2.17. The van der Waals surface area contributed by atoms with E-state index in [1.165, 1.54) is 19.3 Å². The van der Waals surface area contributed by atoms with Crippen molar-refractivity contribution in [1.29, 1.82) is 0 Å². The minimum absolute atomic E-state index is 0.298. The predicted molar refractivity (Wildman–Crippen MR) is 79.7 cm³/mol. The highest BCUT2D eigenvalue weighted by atomic mass is 35.5.